The summed E-state index contributed by atoms with van der Waals surface area (Å²) >= 11 is 0. The molecule has 3 atom stereocenters. The second kappa shape index (κ2) is 14.6. The third-order valence-corrected chi connectivity index (χ3v) is 6.26. The number of hydrogen-bond acceptors (Lipinski definition) is 11. The molecule has 2 heterocycles. The van der Waals surface area contributed by atoms with Gasteiger partial charge in [0, 0.05) is 12.8 Å². The molecule has 1 N–H and O–H groups in total. The normalized spacial score (nSPS) is 22.1. The lowest BCUT2D eigenvalue weighted by Crippen LogP contribution is -2.52. The fourth-order valence-corrected chi connectivity index (χ4v) is 4.13. The summed E-state index contributed by atoms with van der Waals surface area (Å²) in [6.45, 7) is 9.69. The zero-order chi connectivity index (χ0) is 31.0. The minimum absolute atomic E-state index is 0.0133. The highest BCUT2D eigenvalue weighted by Crippen LogP contribution is 2.42. The minimum Gasteiger partial charge on any atom is -0.463 e. The molecule has 0 aliphatic carbocycles. The van der Waals surface area contributed by atoms with E-state index < -0.39 is 65.6 Å². The topological polar surface area (TPSA) is 162 Å². The summed E-state index contributed by atoms with van der Waals surface area (Å²) in [5.74, 6) is -3.58. The van der Waals surface area contributed by atoms with E-state index in [1.54, 1.807) is 13.8 Å². The third-order valence-electron chi connectivity index (χ3n) is 6.26. The van der Waals surface area contributed by atoms with Crippen LogP contribution in [0.15, 0.2) is 15.8 Å². The second-order valence-corrected chi connectivity index (χ2v) is 11.1. The van der Waals surface area contributed by atoms with E-state index in [4.69, 9.17) is 23.8 Å². The van der Waals surface area contributed by atoms with E-state index in [0.29, 0.717) is 17.2 Å². The lowest BCUT2D eigenvalue weighted by Gasteiger charge is -2.27. The number of carbonyl (C=O) groups excluding carboxylic acids is 3. The summed E-state index contributed by atoms with van der Waals surface area (Å²) in [4.78, 5) is 67.9. The molecule has 1 aliphatic heterocycles. The number of esters is 1. The number of hydrogen-bond donors (Lipinski definition) is 1. The SMILES string of the molecule is CCCCCCC(=O)On1c(=O)c(F)cn([C@@]2(C)C[C@@](O)(C(=O)OCC(C)C)[C@@H](COC(=O)OCC(C)C)O2)c1=O. The number of nitrogens with zero attached hydrogens (tertiary/aromatic N) is 2. The quantitative estimate of drug-likeness (QED) is 0.251. The summed E-state index contributed by atoms with van der Waals surface area (Å²) in [5.41, 5.74) is -7.25. The van der Waals surface area contributed by atoms with Crippen molar-refractivity contribution >= 4 is 18.1 Å². The Morgan fingerprint density at radius 2 is 1.71 bits per heavy atom. The molecule has 0 saturated carbocycles. The maximum Gasteiger partial charge on any atom is 0.508 e. The zero-order valence-electron chi connectivity index (χ0n) is 24.5. The molecule has 1 fully saturated rings. The molecule has 14 heteroatoms. The van der Waals surface area contributed by atoms with Crippen LogP contribution in [0, 0.1) is 17.7 Å². The largest absolute Gasteiger partial charge is 0.508 e. The van der Waals surface area contributed by atoms with Crippen molar-refractivity contribution < 1.29 is 47.7 Å². The molecule has 0 bridgehead atoms. The Morgan fingerprint density at radius 1 is 1.07 bits per heavy atom. The molecule has 1 aliphatic rings. The van der Waals surface area contributed by atoms with Gasteiger partial charge in [-0.05, 0) is 25.2 Å². The average Bonchev–Trinajstić information content (AvgIpc) is 3.18. The fraction of sp³-hybridized carbons (Fsp3) is 0.741. The van der Waals surface area contributed by atoms with Crippen LogP contribution in [-0.2, 0) is 34.3 Å². The highest BCUT2D eigenvalue weighted by molar-refractivity contribution is 5.81. The molecular formula is C27H41FN2O11. The maximum absolute atomic E-state index is 14.7. The van der Waals surface area contributed by atoms with Gasteiger partial charge in [0.25, 0.3) is 0 Å². The van der Waals surface area contributed by atoms with Gasteiger partial charge in [0.2, 0.25) is 5.82 Å². The first-order chi connectivity index (χ1) is 19.1. The summed E-state index contributed by atoms with van der Waals surface area (Å²) in [5, 5.41) is 11.4. The van der Waals surface area contributed by atoms with Gasteiger partial charge >= 0.3 is 29.3 Å². The monoisotopic (exact) mass is 588 g/mol. The molecule has 0 aromatic carbocycles. The number of rotatable bonds is 14. The predicted octanol–water partition coefficient (Wildman–Crippen LogP) is 2.28. The zero-order valence-corrected chi connectivity index (χ0v) is 24.5. The Balaban J connectivity index is 2.40. The van der Waals surface area contributed by atoms with Gasteiger partial charge in [-0.2, -0.15) is 4.39 Å². The van der Waals surface area contributed by atoms with Crippen molar-refractivity contribution in [2.45, 2.75) is 97.5 Å². The van der Waals surface area contributed by atoms with E-state index in [2.05, 4.69) is 0 Å². The van der Waals surface area contributed by atoms with Crippen LogP contribution in [0.3, 0.4) is 0 Å². The molecule has 0 spiro atoms. The average molecular weight is 589 g/mol. The summed E-state index contributed by atoms with van der Waals surface area (Å²) in [6, 6.07) is 0. The van der Waals surface area contributed by atoms with E-state index >= 15 is 0 Å². The number of aromatic nitrogens is 2. The van der Waals surface area contributed by atoms with Gasteiger partial charge in [0.05, 0.1) is 19.4 Å². The van der Waals surface area contributed by atoms with Crippen LogP contribution in [0.2, 0.25) is 0 Å². The van der Waals surface area contributed by atoms with Crippen LogP contribution in [0.25, 0.3) is 0 Å². The van der Waals surface area contributed by atoms with Crippen molar-refractivity contribution in [3.05, 3.63) is 32.9 Å². The molecule has 0 radical (unpaired) electrons. The molecule has 13 nitrogen and oxygen atoms in total. The van der Waals surface area contributed by atoms with E-state index in [1.807, 2.05) is 20.8 Å². The molecule has 2 rings (SSSR count). The lowest BCUT2D eigenvalue weighted by atomic mass is 9.92. The number of ether oxygens (including phenoxy) is 4. The van der Waals surface area contributed by atoms with Gasteiger partial charge in [0.1, 0.15) is 12.7 Å². The summed E-state index contributed by atoms with van der Waals surface area (Å²) in [7, 11) is 0. The van der Waals surface area contributed by atoms with Crippen molar-refractivity contribution in [1.82, 2.24) is 9.30 Å². The first-order valence-electron chi connectivity index (χ1n) is 13.8. The van der Waals surface area contributed by atoms with Crippen LogP contribution in [0.1, 0.15) is 80.1 Å². The molecule has 41 heavy (non-hydrogen) atoms. The van der Waals surface area contributed by atoms with Crippen molar-refractivity contribution in [3.63, 3.8) is 0 Å². The van der Waals surface area contributed by atoms with Crippen molar-refractivity contribution in [3.8, 4) is 0 Å². The van der Waals surface area contributed by atoms with Gasteiger partial charge in [-0.1, -0.05) is 58.6 Å². The second-order valence-electron chi connectivity index (χ2n) is 11.1. The third kappa shape index (κ3) is 8.86. The minimum atomic E-state index is -2.46. The predicted molar refractivity (Wildman–Crippen MR) is 141 cm³/mol. The lowest BCUT2D eigenvalue weighted by molar-refractivity contribution is -0.177. The van der Waals surface area contributed by atoms with E-state index in [9.17, 15) is 33.5 Å². The first-order valence-corrected chi connectivity index (χ1v) is 13.8. The van der Waals surface area contributed by atoms with E-state index in [1.165, 1.54) is 6.92 Å². The van der Waals surface area contributed by atoms with Crippen LogP contribution in [-0.4, -0.2) is 64.0 Å². The van der Waals surface area contributed by atoms with Crippen LogP contribution in [0.4, 0.5) is 9.18 Å². The van der Waals surface area contributed by atoms with E-state index in [-0.39, 0.29) is 36.2 Å². The Morgan fingerprint density at radius 3 is 2.32 bits per heavy atom. The number of halogens is 1. The van der Waals surface area contributed by atoms with Gasteiger partial charge in [-0.25, -0.2) is 19.2 Å². The molecule has 232 valence electrons. The number of carbonyl (C=O) groups is 3. The molecular weight excluding hydrogens is 547 g/mol. The first kappa shape index (κ1) is 33.9. The van der Waals surface area contributed by atoms with Crippen molar-refractivity contribution in [1.29, 1.82) is 0 Å². The van der Waals surface area contributed by atoms with E-state index in [0.717, 1.165) is 19.3 Å². The molecule has 0 unspecified atom stereocenters. The Bertz CT molecular complexity index is 1190. The smallest absolute Gasteiger partial charge is 0.463 e. The van der Waals surface area contributed by atoms with Crippen molar-refractivity contribution in [2.75, 3.05) is 19.8 Å². The maximum atomic E-state index is 14.7. The molecule has 0 amide bonds. The van der Waals surface area contributed by atoms with Gasteiger partial charge in [-0.3, -0.25) is 9.36 Å². The summed E-state index contributed by atoms with van der Waals surface area (Å²) in [6.07, 6.45) is 0.0297. The standard InChI is InChI=1S/C27H41FN2O11/c1-7-8-9-10-11-21(31)41-30-22(32)19(28)12-29(24(30)34)26(6)16-27(36,23(33)37-13-17(2)3)20(40-26)15-39-25(35)38-14-18(4)5/h12,17-18,20,36H,7-11,13-16H2,1-6H3/t20-,26-,27+/m1/s1. The molecule has 1 aromatic rings. The van der Waals surface area contributed by atoms with Crippen molar-refractivity contribution in [2.24, 2.45) is 11.8 Å². The van der Waals surface area contributed by atoms with Crippen LogP contribution in [0.5, 0.6) is 0 Å². The highest BCUT2D eigenvalue weighted by atomic mass is 19.1. The highest BCUT2D eigenvalue weighted by Gasteiger charge is 2.60. The number of unbranched alkanes of at least 4 members (excludes halogenated alkanes) is 3. The fourth-order valence-electron chi connectivity index (χ4n) is 4.13. The number of aliphatic hydroxyl groups is 1. The Kier molecular flexibility index (Phi) is 12.1. The summed E-state index contributed by atoms with van der Waals surface area (Å²) < 4.78 is 36.3. The molecule has 1 saturated heterocycles. The van der Waals surface area contributed by atoms with Gasteiger partial charge < -0.3 is 28.9 Å². The van der Waals surface area contributed by atoms with Gasteiger partial charge in [0.15, 0.2) is 11.3 Å². The molecule has 1 aromatic heterocycles. The van der Waals surface area contributed by atoms with Crippen LogP contribution >= 0.6 is 0 Å². The Hall–Kier alpha value is -3.26. The van der Waals surface area contributed by atoms with Crippen LogP contribution < -0.4 is 16.1 Å². The van der Waals surface area contributed by atoms with Gasteiger partial charge in [-0.15, -0.1) is 0 Å². The Labute approximate surface area is 237 Å².